The molecule has 1 aromatic heterocycles. The van der Waals surface area contributed by atoms with Crippen molar-refractivity contribution < 1.29 is 14.4 Å². The van der Waals surface area contributed by atoms with Crippen molar-refractivity contribution in [2.45, 2.75) is 50.1 Å². The highest BCUT2D eigenvalue weighted by Gasteiger charge is 2.51. The first-order valence-corrected chi connectivity index (χ1v) is 10.9. The first kappa shape index (κ1) is 21.4. The second-order valence-corrected chi connectivity index (χ2v) is 8.66. The molecule has 1 spiro atoms. The summed E-state index contributed by atoms with van der Waals surface area (Å²) in [5.41, 5.74) is 0.0631. The molecule has 164 valence electrons. The van der Waals surface area contributed by atoms with Gasteiger partial charge in [-0.2, -0.15) is 0 Å². The largest absolute Gasteiger partial charge is 0.342 e. The number of nitrogens with zero attached hydrogens (tertiary/aromatic N) is 3. The Kier molecular flexibility index (Phi) is 6.00. The van der Waals surface area contributed by atoms with Crippen LogP contribution < -0.4 is 10.6 Å². The number of carbonyl (C=O) groups excluding carboxylic acids is 3. The van der Waals surface area contributed by atoms with Gasteiger partial charge < -0.3 is 15.2 Å². The zero-order chi connectivity index (χ0) is 22.0. The lowest BCUT2D eigenvalue weighted by Gasteiger charge is -2.30. The number of halogens is 1. The Bertz CT molecular complexity index is 981. The van der Waals surface area contributed by atoms with Crippen LogP contribution in [-0.2, 0) is 16.6 Å². The van der Waals surface area contributed by atoms with Crippen LogP contribution in [0.5, 0.6) is 0 Å². The molecule has 0 radical (unpaired) electrons. The van der Waals surface area contributed by atoms with E-state index in [1.54, 1.807) is 24.5 Å². The Morgan fingerprint density at radius 2 is 1.94 bits per heavy atom. The van der Waals surface area contributed by atoms with Crippen LogP contribution in [0.25, 0.3) is 0 Å². The van der Waals surface area contributed by atoms with E-state index in [1.165, 1.54) is 4.90 Å². The van der Waals surface area contributed by atoms with Gasteiger partial charge in [0.25, 0.3) is 5.91 Å². The van der Waals surface area contributed by atoms with Gasteiger partial charge in [0.2, 0.25) is 5.91 Å². The van der Waals surface area contributed by atoms with Gasteiger partial charge in [0.1, 0.15) is 17.4 Å². The van der Waals surface area contributed by atoms with Crippen molar-refractivity contribution in [1.29, 1.82) is 0 Å². The third-order valence-electron chi connectivity index (χ3n) is 6.14. The molecule has 4 rings (SSSR count). The third-order valence-corrected chi connectivity index (χ3v) is 6.39. The number of carbonyl (C=O) groups is 3. The minimum absolute atomic E-state index is 0.0176. The predicted molar refractivity (Wildman–Crippen MR) is 115 cm³/mol. The Morgan fingerprint density at radius 1 is 1.23 bits per heavy atom. The summed E-state index contributed by atoms with van der Waals surface area (Å²) in [4.78, 5) is 43.7. The van der Waals surface area contributed by atoms with Gasteiger partial charge in [0, 0.05) is 37.4 Å². The number of rotatable bonds is 6. The van der Waals surface area contributed by atoms with Crippen molar-refractivity contribution in [2.75, 3.05) is 6.54 Å². The zero-order valence-corrected chi connectivity index (χ0v) is 18.2. The molecule has 1 saturated heterocycles. The van der Waals surface area contributed by atoms with E-state index in [0.717, 1.165) is 24.8 Å². The van der Waals surface area contributed by atoms with Gasteiger partial charge in [0.15, 0.2) is 0 Å². The number of hydrogen-bond acceptors (Lipinski definition) is 4. The number of amides is 4. The number of aryl methyl sites for hydroxylation is 1. The van der Waals surface area contributed by atoms with E-state index in [9.17, 15) is 14.4 Å². The lowest BCUT2D eigenvalue weighted by Crippen LogP contribution is -2.48. The van der Waals surface area contributed by atoms with Gasteiger partial charge in [-0.3, -0.25) is 14.5 Å². The molecule has 1 aliphatic carbocycles. The van der Waals surface area contributed by atoms with Crippen molar-refractivity contribution in [3.63, 3.8) is 0 Å². The lowest BCUT2D eigenvalue weighted by molar-refractivity contribution is -0.132. The highest BCUT2D eigenvalue weighted by Crippen LogP contribution is 2.33. The van der Waals surface area contributed by atoms with Crippen molar-refractivity contribution in [3.05, 3.63) is 53.1 Å². The second kappa shape index (κ2) is 8.70. The summed E-state index contributed by atoms with van der Waals surface area (Å²) < 4.78 is 1.84. The molecular formula is C22H26ClN5O3. The maximum atomic E-state index is 12.9. The van der Waals surface area contributed by atoms with E-state index in [-0.39, 0.29) is 24.8 Å². The predicted octanol–water partition coefficient (Wildman–Crippen LogP) is 2.92. The molecule has 0 bridgehead atoms. The standard InChI is InChI=1S/C22H26ClN5O3/c1-27-14-12-24-19(27)18(15-5-7-16(23)8-6-15)25-17(29)9-13-28-20(30)22(26-21(28)31)10-3-2-4-11-22/h5-8,12,14,18H,2-4,9-11,13H2,1H3,(H,25,29)(H,26,31). The van der Waals surface area contributed by atoms with E-state index in [1.807, 2.05) is 23.7 Å². The monoisotopic (exact) mass is 443 g/mol. The molecule has 4 amide bonds. The van der Waals surface area contributed by atoms with Gasteiger partial charge in [-0.15, -0.1) is 0 Å². The average Bonchev–Trinajstić information content (AvgIpc) is 3.27. The van der Waals surface area contributed by atoms with Crippen LogP contribution >= 0.6 is 11.6 Å². The topological polar surface area (TPSA) is 96.3 Å². The SMILES string of the molecule is Cn1ccnc1C(NC(=O)CCN1C(=O)NC2(CCCCC2)C1=O)c1ccc(Cl)cc1. The number of nitrogens with one attached hydrogen (secondary N) is 2. The fourth-order valence-electron chi connectivity index (χ4n) is 4.43. The van der Waals surface area contributed by atoms with Crippen molar-refractivity contribution >= 4 is 29.4 Å². The van der Waals surface area contributed by atoms with Gasteiger partial charge in [0.05, 0.1) is 0 Å². The van der Waals surface area contributed by atoms with Crippen LogP contribution in [0, 0.1) is 0 Å². The quantitative estimate of drug-likeness (QED) is 0.671. The number of hydrogen-bond donors (Lipinski definition) is 2. The van der Waals surface area contributed by atoms with Crippen molar-refractivity contribution in [2.24, 2.45) is 7.05 Å². The lowest BCUT2D eigenvalue weighted by atomic mass is 9.82. The van der Waals surface area contributed by atoms with E-state index in [0.29, 0.717) is 23.7 Å². The van der Waals surface area contributed by atoms with E-state index < -0.39 is 17.6 Å². The number of imide groups is 1. The molecule has 9 heteroatoms. The number of aromatic nitrogens is 2. The van der Waals surface area contributed by atoms with Crippen LogP contribution in [0.1, 0.15) is 56.0 Å². The summed E-state index contributed by atoms with van der Waals surface area (Å²) in [6.45, 7) is 0.0478. The van der Waals surface area contributed by atoms with Gasteiger partial charge in [-0.25, -0.2) is 9.78 Å². The van der Waals surface area contributed by atoms with Crippen molar-refractivity contribution in [3.8, 4) is 0 Å². The van der Waals surface area contributed by atoms with E-state index in [2.05, 4.69) is 15.6 Å². The number of urea groups is 1. The van der Waals surface area contributed by atoms with Gasteiger partial charge in [-0.1, -0.05) is 43.0 Å². The molecule has 1 aromatic carbocycles. The minimum atomic E-state index is -0.773. The number of imidazole rings is 1. The van der Waals surface area contributed by atoms with Gasteiger partial charge in [-0.05, 0) is 30.5 Å². The summed E-state index contributed by atoms with van der Waals surface area (Å²) in [6.07, 6.45) is 7.74. The fraction of sp³-hybridized carbons (Fsp3) is 0.455. The minimum Gasteiger partial charge on any atom is -0.342 e. The van der Waals surface area contributed by atoms with Crippen LogP contribution in [0.15, 0.2) is 36.7 Å². The molecule has 2 fully saturated rings. The Hall–Kier alpha value is -2.87. The zero-order valence-electron chi connectivity index (χ0n) is 17.4. The van der Waals surface area contributed by atoms with Crippen molar-refractivity contribution in [1.82, 2.24) is 25.1 Å². The Morgan fingerprint density at radius 3 is 2.58 bits per heavy atom. The molecule has 1 saturated carbocycles. The molecule has 2 aliphatic rings. The average molecular weight is 444 g/mol. The molecule has 2 N–H and O–H groups in total. The summed E-state index contributed by atoms with van der Waals surface area (Å²) >= 11 is 6.01. The van der Waals surface area contributed by atoms with Crippen LogP contribution in [0.4, 0.5) is 4.79 Å². The van der Waals surface area contributed by atoms with Gasteiger partial charge >= 0.3 is 6.03 Å². The summed E-state index contributed by atoms with van der Waals surface area (Å²) in [5, 5.41) is 6.46. The van der Waals surface area contributed by atoms with Crippen LogP contribution in [0.2, 0.25) is 5.02 Å². The maximum absolute atomic E-state index is 12.9. The normalized spacial score (nSPS) is 18.8. The number of benzene rings is 1. The Labute approximate surface area is 186 Å². The van der Waals surface area contributed by atoms with Crippen LogP contribution in [-0.4, -0.2) is 44.4 Å². The van der Waals surface area contributed by atoms with Crippen LogP contribution in [0.3, 0.4) is 0 Å². The summed E-state index contributed by atoms with van der Waals surface area (Å²) in [7, 11) is 1.86. The molecule has 31 heavy (non-hydrogen) atoms. The molecule has 8 nitrogen and oxygen atoms in total. The Balaban J connectivity index is 1.44. The third kappa shape index (κ3) is 4.30. The fourth-order valence-corrected chi connectivity index (χ4v) is 4.55. The molecule has 2 aromatic rings. The smallest absolute Gasteiger partial charge is 0.325 e. The summed E-state index contributed by atoms with van der Waals surface area (Å²) in [5.74, 6) is 0.198. The first-order valence-electron chi connectivity index (χ1n) is 10.6. The van der Waals surface area contributed by atoms with E-state index in [4.69, 9.17) is 11.6 Å². The molecule has 2 heterocycles. The molecular weight excluding hydrogens is 418 g/mol. The molecule has 1 atom stereocenters. The highest BCUT2D eigenvalue weighted by molar-refractivity contribution is 6.30. The molecule has 1 aliphatic heterocycles. The first-order chi connectivity index (χ1) is 14.9. The van der Waals surface area contributed by atoms with E-state index >= 15 is 0 Å². The maximum Gasteiger partial charge on any atom is 0.325 e. The summed E-state index contributed by atoms with van der Waals surface area (Å²) in [6, 6.07) is 6.32. The molecule has 1 unspecified atom stereocenters. The highest BCUT2D eigenvalue weighted by atomic mass is 35.5. The second-order valence-electron chi connectivity index (χ2n) is 8.23.